The summed E-state index contributed by atoms with van der Waals surface area (Å²) in [5, 5.41) is 18.5. The molecule has 0 aliphatic rings. The number of benzene rings is 1. The summed E-state index contributed by atoms with van der Waals surface area (Å²) in [7, 11) is 0. The largest absolute Gasteiger partial charge is 0.396 e. The van der Waals surface area contributed by atoms with Crippen molar-refractivity contribution in [3.05, 3.63) is 52.0 Å². The first-order valence-electron chi connectivity index (χ1n) is 6.00. The van der Waals surface area contributed by atoms with Crippen molar-refractivity contribution in [3.63, 3.8) is 0 Å². The Balaban J connectivity index is 2.41. The first kappa shape index (κ1) is 14.6. The average Bonchev–Trinajstić information content (AvgIpc) is 2.91. The van der Waals surface area contributed by atoms with Gasteiger partial charge in [-0.3, -0.25) is 4.98 Å². The lowest BCUT2D eigenvalue weighted by atomic mass is 9.84. The first-order valence-corrected chi connectivity index (χ1v) is 6.88. The summed E-state index contributed by atoms with van der Waals surface area (Å²) in [6.07, 6.45) is 1.95. The third-order valence-corrected chi connectivity index (χ3v) is 3.95. The molecular formula is C14H12F2N2OS. The fourth-order valence-corrected chi connectivity index (χ4v) is 2.97. The van der Waals surface area contributed by atoms with Gasteiger partial charge < -0.3 is 5.11 Å². The molecule has 0 aliphatic carbocycles. The minimum absolute atomic E-state index is 0.113. The SMILES string of the molecule is N#C[C@H](c1cc(F)cc(F)c1)[C@H](CCO)c1cncs1. The van der Waals surface area contributed by atoms with E-state index >= 15 is 0 Å². The zero-order chi connectivity index (χ0) is 14.5. The van der Waals surface area contributed by atoms with Gasteiger partial charge in [0.1, 0.15) is 11.6 Å². The van der Waals surface area contributed by atoms with Crippen molar-refractivity contribution in [2.24, 2.45) is 0 Å². The highest BCUT2D eigenvalue weighted by molar-refractivity contribution is 7.09. The molecule has 2 aromatic rings. The number of hydrogen-bond acceptors (Lipinski definition) is 4. The molecule has 0 saturated heterocycles. The average molecular weight is 294 g/mol. The molecule has 0 unspecified atom stereocenters. The van der Waals surface area contributed by atoms with Gasteiger partial charge in [0.15, 0.2) is 0 Å². The predicted octanol–water partition coefficient (Wildman–Crippen LogP) is 3.19. The van der Waals surface area contributed by atoms with Crippen LogP contribution in [0.4, 0.5) is 8.78 Å². The highest BCUT2D eigenvalue weighted by atomic mass is 32.1. The molecule has 0 saturated carbocycles. The van der Waals surface area contributed by atoms with E-state index in [1.807, 2.05) is 0 Å². The number of halogens is 2. The Bertz CT molecular complexity index is 590. The van der Waals surface area contributed by atoms with Crippen molar-refractivity contribution >= 4 is 11.3 Å². The fourth-order valence-electron chi connectivity index (χ4n) is 2.17. The lowest BCUT2D eigenvalue weighted by molar-refractivity contribution is 0.272. The summed E-state index contributed by atoms with van der Waals surface area (Å²) >= 11 is 1.36. The van der Waals surface area contributed by atoms with Crippen molar-refractivity contribution in [1.82, 2.24) is 4.98 Å². The van der Waals surface area contributed by atoms with E-state index in [1.165, 1.54) is 11.3 Å². The van der Waals surface area contributed by atoms with Crippen LogP contribution in [0.15, 0.2) is 29.9 Å². The van der Waals surface area contributed by atoms with Crippen molar-refractivity contribution < 1.29 is 13.9 Å². The number of nitriles is 1. The van der Waals surface area contributed by atoms with E-state index in [9.17, 15) is 14.0 Å². The Labute approximate surface area is 119 Å². The third kappa shape index (κ3) is 3.18. The Kier molecular flexibility index (Phi) is 4.77. The van der Waals surface area contributed by atoms with Crippen molar-refractivity contribution in [3.8, 4) is 6.07 Å². The molecule has 0 bridgehead atoms. The van der Waals surface area contributed by atoms with Crippen LogP contribution in [0.2, 0.25) is 0 Å². The summed E-state index contributed by atoms with van der Waals surface area (Å²) in [5.41, 5.74) is 1.90. The van der Waals surface area contributed by atoms with Crippen LogP contribution in [0.25, 0.3) is 0 Å². The van der Waals surface area contributed by atoms with Gasteiger partial charge in [0.05, 0.1) is 17.5 Å². The third-order valence-electron chi connectivity index (χ3n) is 3.04. The molecule has 2 rings (SSSR count). The number of aliphatic hydroxyl groups excluding tert-OH is 1. The van der Waals surface area contributed by atoms with Gasteiger partial charge in [-0.2, -0.15) is 5.26 Å². The molecule has 0 fully saturated rings. The number of aromatic nitrogens is 1. The summed E-state index contributed by atoms with van der Waals surface area (Å²) in [4.78, 5) is 4.77. The van der Waals surface area contributed by atoms with Gasteiger partial charge in [0.2, 0.25) is 0 Å². The van der Waals surface area contributed by atoms with Gasteiger partial charge in [0.25, 0.3) is 0 Å². The van der Waals surface area contributed by atoms with Gasteiger partial charge in [-0.05, 0) is 24.1 Å². The molecule has 3 nitrogen and oxygen atoms in total. The maximum atomic E-state index is 13.3. The standard InChI is InChI=1S/C14H12F2N2OS/c15-10-3-9(4-11(16)5-10)13(6-17)12(1-2-19)14-7-18-8-20-14/h3-5,7-8,12-13,19H,1-2H2/t12-,13+/m0/s1. The zero-order valence-corrected chi connectivity index (χ0v) is 11.3. The molecular weight excluding hydrogens is 282 g/mol. The van der Waals surface area contributed by atoms with E-state index < -0.39 is 17.6 Å². The molecule has 0 amide bonds. The number of thiazole rings is 1. The van der Waals surface area contributed by atoms with Crippen LogP contribution in [0, 0.1) is 23.0 Å². The van der Waals surface area contributed by atoms with Crippen molar-refractivity contribution in [2.75, 3.05) is 6.61 Å². The van der Waals surface area contributed by atoms with Crippen LogP contribution in [-0.4, -0.2) is 16.7 Å². The maximum absolute atomic E-state index is 13.3. The molecule has 104 valence electrons. The normalized spacial score (nSPS) is 13.7. The van der Waals surface area contributed by atoms with Crippen molar-refractivity contribution in [2.45, 2.75) is 18.3 Å². The second-order valence-electron chi connectivity index (χ2n) is 4.33. The second-order valence-corrected chi connectivity index (χ2v) is 5.25. The van der Waals surface area contributed by atoms with E-state index in [1.54, 1.807) is 11.7 Å². The maximum Gasteiger partial charge on any atom is 0.126 e. The topological polar surface area (TPSA) is 56.9 Å². The van der Waals surface area contributed by atoms with E-state index in [4.69, 9.17) is 5.11 Å². The Morgan fingerprint density at radius 1 is 1.30 bits per heavy atom. The number of rotatable bonds is 5. The van der Waals surface area contributed by atoms with Gasteiger partial charge in [-0.25, -0.2) is 8.78 Å². The molecule has 2 atom stereocenters. The van der Waals surface area contributed by atoms with Crippen LogP contribution < -0.4 is 0 Å². The quantitative estimate of drug-likeness (QED) is 0.921. The molecule has 1 aromatic carbocycles. The molecule has 1 N–H and O–H groups in total. The molecule has 20 heavy (non-hydrogen) atoms. The van der Waals surface area contributed by atoms with E-state index in [-0.39, 0.29) is 18.1 Å². The Morgan fingerprint density at radius 3 is 2.50 bits per heavy atom. The summed E-state index contributed by atoms with van der Waals surface area (Å²) in [6, 6.07) is 5.16. The molecule has 6 heteroatoms. The monoisotopic (exact) mass is 294 g/mol. The Morgan fingerprint density at radius 2 is 2.00 bits per heavy atom. The highest BCUT2D eigenvalue weighted by Gasteiger charge is 2.26. The smallest absolute Gasteiger partial charge is 0.126 e. The molecule has 0 radical (unpaired) electrons. The summed E-state index contributed by atoms with van der Waals surface area (Å²) in [5.74, 6) is -2.49. The Hall–Kier alpha value is -1.84. The zero-order valence-electron chi connectivity index (χ0n) is 10.5. The first-order chi connectivity index (χ1) is 9.65. The molecule has 0 aliphatic heterocycles. The molecule has 1 aromatic heterocycles. The van der Waals surface area contributed by atoms with Crippen LogP contribution in [-0.2, 0) is 0 Å². The van der Waals surface area contributed by atoms with Crippen LogP contribution in [0.5, 0.6) is 0 Å². The van der Waals surface area contributed by atoms with Gasteiger partial charge in [-0.15, -0.1) is 11.3 Å². The lowest BCUT2D eigenvalue weighted by Crippen LogP contribution is -2.11. The van der Waals surface area contributed by atoms with Crippen LogP contribution >= 0.6 is 11.3 Å². The van der Waals surface area contributed by atoms with Gasteiger partial charge in [-0.1, -0.05) is 0 Å². The van der Waals surface area contributed by atoms with Crippen molar-refractivity contribution in [1.29, 1.82) is 5.26 Å². The van der Waals surface area contributed by atoms with Gasteiger partial charge in [0, 0.05) is 29.7 Å². The van der Waals surface area contributed by atoms with Crippen LogP contribution in [0.3, 0.4) is 0 Å². The lowest BCUT2D eigenvalue weighted by Gasteiger charge is -2.20. The van der Waals surface area contributed by atoms with Crippen LogP contribution in [0.1, 0.15) is 28.7 Å². The minimum Gasteiger partial charge on any atom is -0.396 e. The number of aliphatic hydroxyl groups is 1. The predicted molar refractivity (Wildman–Crippen MR) is 71.3 cm³/mol. The molecule has 1 heterocycles. The fraction of sp³-hybridized carbons (Fsp3) is 0.286. The van der Waals surface area contributed by atoms with E-state index in [0.717, 1.165) is 23.1 Å². The summed E-state index contributed by atoms with van der Waals surface area (Å²) in [6.45, 7) is -0.113. The number of nitrogens with zero attached hydrogens (tertiary/aromatic N) is 2. The second kappa shape index (κ2) is 6.55. The highest BCUT2D eigenvalue weighted by Crippen LogP contribution is 2.37. The summed E-state index contributed by atoms with van der Waals surface area (Å²) < 4.78 is 26.6. The van der Waals surface area contributed by atoms with Gasteiger partial charge >= 0.3 is 0 Å². The number of hydrogen-bond donors (Lipinski definition) is 1. The van der Waals surface area contributed by atoms with E-state index in [0.29, 0.717) is 6.42 Å². The van der Waals surface area contributed by atoms with E-state index in [2.05, 4.69) is 11.1 Å². The molecule has 0 spiro atoms. The minimum atomic E-state index is -0.729.